The molecule has 0 aromatic heterocycles. The molecule has 2 rings (SSSR count). The number of nitrogens with zero attached hydrogens (tertiary/aromatic N) is 2. The van der Waals surface area contributed by atoms with Gasteiger partial charge in [-0.25, -0.2) is 0 Å². The van der Waals surface area contributed by atoms with E-state index >= 15 is 0 Å². The molecule has 27 heavy (non-hydrogen) atoms. The molecule has 0 saturated carbocycles. The molecule has 0 aliphatic carbocycles. The van der Waals surface area contributed by atoms with Crippen LogP contribution in [0.5, 0.6) is 5.75 Å². The summed E-state index contributed by atoms with van der Waals surface area (Å²) >= 11 is 17.2. The molecule has 144 valence electrons. The Bertz CT molecular complexity index is 805. The van der Waals surface area contributed by atoms with Gasteiger partial charge in [-0.05, 0) is 50.3 Å². The second kappa shape index (κ2) is 10.3. The summed E-state index contributed by atoms with van der Waals surface area (Å²) in [6, 6.07) is 11.3. The number of hydrazone groups is 1. The summed E-state index contributed by atoms with van der Waals surface area (Å²) in [6.45, 7) is 6.24. The van der Waals surface area contributed by atoms with Crippen LogP contribution in [0.4, 0.5) is 5.69 Å². The Morgan fingerprint density at radius 3 is 2.48 bits per heavy atom. The first kappa shape index (κ1) is 21.3. The van der Waals surface area contributed by atoms with E-state index in [1.165, 1.54) is 0 Å². The number of ether oxygens (including phenoxy) is 1. The van der Waals surface area contributed by atoms with E-state index in [1.807, 2.05) is 18.2 Å². The molecule has 0 saturated heterocycles. The van der Waals surface area contributed by atoms with E-state index in [-0.39, 0.29) is 11.7 Å². The van der Waals surface area contributed by atoms with Gasteiger partial charge in [0, 0.05) is 46.0 Å². The van der Waals surface area contributed by atoms with E-state index in [0.29, 0.717) is 15.8 Å². The summed E-state index contributed by atoms with van der Waals surface area (Å²) in [5, 5.41) is 5.24. The lowest BCUT2D eigenvalue weighted by Gasteiger charge is -2.22. The van der Waals surface area contributed by atoms with Crippen LogP contribution in [0.1, 0.15) is 25.0 Å². The van der Waals surface area contributed by atoms with Crippen molar-refractivity contribution >= 4 is 52.4 Å². The van der Waals surface area contributed by atoms with Crippen molar-refractivity contribution in [3.05, 3.63) is 57.6 Å². The quantitative estimate of drug-likeness (QED) is 0.368. The molecule has 0 spiro atoms. The number of hydrogen-bond acceptors (Lipinski definition) is 4. The van der Waals surface area contributed by atoms with Crippen molar-refractivity contribution in [2.75, 3.05) is 18.0 Å². The first-order chi connectivity index (χ1) is 13.0. The fourth-order valence-corrected chi connectivity index (χ4v) is 3.09. The zero-order chi connectivity index (χ0) is 19.8. The first-order valence-corrected chi connectivity index (χ1v) is 9.65. The van der Waals surface area contributed by atoms with Crippen LogP contribution in [-0.4, -0.2) is 24.4 Å². The number of halogens is 2. The molecular weight excluding hydrogens is 403 g/mol. The maximum atomic E-state index is 6.24. The van der Waals surface area contributed by atoms with Gasteiger partial charge in [-0.15, -0.1) is 0 Å². The molecule has 0 unspecified atom stereocenters. The number of benzene rings is 2. The predicted octanol–water partition coefficient (Wildman–Crippen LogP) is 4.59. The Kier molecular flexibility index (Phi) is 8.16. The second-order valence-corrected chi connectivity index (χ2v) is 6.87. The summed E-state index contributed by atoms with van der Waals surface area (Å²) in [6.07, 6.45) is 1.61. The van der Waals surface area contributed by atoms with Crippen LogP contribution in [0, 0.1) is 0 Å². The molecule has 0 amide bonds. The van der Waals surface area contributed by atoms with Crippen molar-refractivity contribution in [3.8, 4) is 5.75 Å². The Morgan fingerprint density at radius 2 is 1.89 bits per heavy atom. The average Bonchev–Trinajstić information content (AvgIpc) is 2.63. The van der Waals surface area contributed by atoms with Crippen LogP contribution in [0.2, 0.25) is 10.0 Å². The second-order valence-electron chi connectivity index (χ2n) is 5.62. The minimum Gasteiger partial charge on any atom is -0.488 e. The van der Waals surface area contributed by atoms with Gasteiger partial charge in [0.15, 0.2) is 5.11 Å². The third kappa shape index (κ3) is 5.99. The molecule has 0 aliphatic rings. The van der Waals surface area contributed by atoms with Crippen LogP contribution >= 0.6 is 35.4 Å². The lowest BCUT2D eigenvalue weighted by molar-refractivity contribution is 0.306. The summed E-state index contributed by atoms with van der Waals surface area (Å²) in [5.41, 5.74) is 10.5. The van der Waals surface area contributed by atoms with Crippen molar-refractivity contribution in [2.24, 2.45) is 10.8 Å². The number of nitrogens with one attached hydrogen (secondary N) is 1. The minimum atomic E-state index is 0.0938. The molecular formula is C19H22Cl2N4OS. The maximum absolute atomic E-state index is 6.24. The van der Waals surface area contributed by atoms with Gasteiger partial charge in [-0.3, -0.25) is 5.43 Å². The fraction of sp³-hybridized carbons (Fsp3) is 0.263. The number of thiocarbonyl (C=S) groups is 1. The Hall–Kier alpha value is -2.02. The largest absolute Gasteiger partial charge is 0.488 e. The van der Waals surface area contributed by atoms with Gasteiger partial charge in [-0.2, -0.15) is 5.10 Å². The van der Waals surface area contributed by atoms with Gasteiger partial charge in [-0.1, -0.05) is 29.3 Å². The molecule has 3 N–H and O–H groups in total. The molecule has 0 bridgehead atoms. The van der Waals surface area contributed by atoms with Gasteiger partial charge < -0.3 is 15.4 Å². The van der Waals surface area contributed by atoms with E-state index in [1.54, 1.807) is 24.4 Å². The fourth-order valence-electron chi connectivity index (χ4n) is 2.53. The summed E-state index contributed by atoms with van der Waals surface area (Å²) in [5.74, 6) is 0.656. The van der Waals surface area contributed by atoms with E-state index in [2.05, 4.69) is 29.3 Å². The molecule has 5 nitrogen and oxygen atoms in total. The SMILES string of the molecule is CCN(CC)c1ccc(C=NNC(N)=S)c(OCc2c(Cl)cccc2Cl)c1. The van der Waals surface area contributed by atoms with Gasteiger partial charge in [0.05, 0.1) is 6.21 Å². The van der Waals surface area contributed by atoms with E-state index in [0.717, 1.165) is 29.9 Å². The zero-order valence-electron chi connectivity index (χ0n) is 15.2. The molecule has 0 fully saturated rings. The van der Waals surface area contributed by atoms with Crippen LogP contribution < -0.4 is 20.8 Å². The van der Waals surface area contributed by atoms with Gasteiger partial charge in [0.25, 0.3) is 0 Å². The lowest BCUT2D eigenvalue weighted by atomic mass is 10.1. The monoisotopic (exact) mass is 424 g/mol. The smallest absolute Gasteiger partial charge is 0.184 e. The van der Waals surface area contributed by atoms with Crippen molar-refractivity contribution in [3.63, 3.8) is 0 Å². The Balaban J connectivity index is 2.32. The Labute approximate surface area is 175 Å². The summed E-state index contributed by atoms with van der Waals surface area (Å²) in [7, 11) is 0. The molecule has 0 radical (unpaired) electrons. The molecule has 0 aliphatic heterocycles. The van der Waals surface area contributed by atoms with Crippen molar-refractivity contribution < 1.29 is 4.74 Å². The Morgan fingerprint density at radius 1 is 1.22 bits per heavy atom. The number of rotatable bonds is 8. The van der Waals surface area contributed by atoms with Crippen LogP contribution in [-0.2, 0) is 6.61 Å². The number of anilines is 1. The third-order valence-electron chi connectivity index (χ3n) is 3.94. The normalized spacial score (nSPS) is 10.8. The van der Waals surface area contributed by atoms with E-state index in [9.17, 15) is 0 Å². The highest BCUT2D eigenvalue weighted by molar-refractivity contribution is 7.80. The number of hydrogen-bond donors (Lipinski definition) is 2. The van der Waals surface area contributed by atoms with Crippen LogP contribution in [0.3, 0.4) is 0 Å². The predicted molar refractivity (Wildman–Crippen MR) is 118 cm³/mol. The molecule has 0 heterocycles. The highest BCUT2D eigenvalue weighted by Crippen LogP contribution is 2.29. The van der Waals surface area contributed by atoms with Crippen molar-refractivity contribution in [1.29, 1.82) is 0 Å². The zero-order valence-corrected chi connectivity index (χ0v) is 17.5. The van der Waals surface area contributed by atoms with Crippen molar-refractivity contribution in [1.82, 2.24) is 5.43 Å². The standard InChI is InChI=1S/C19H22Cl2N4OS/c1-3-25(4-2)14-9-8-13(11-23-24-19(22)27)18(10-14)26-12-15-16(20)6-5-7-17(15)21/h5-11H,3-4,12H2,1-2H3,(H3,22,24,27). The van der Waals surface area contributed by atoms with Crippen LogP contribution in [0.15, 0.2) is 41.5 Å². The number of nitrogens with two attached hydrogens (primary N) is 1. The highest BCUT2D eigenvalue weighted by atomic mass is 35.5. The molecule has 0 atom stereocenters. The average molecular weight is 425 g/mol. The molecule has 2 aromatic carbocycles. The summed E-state index contributed by atoms with van der Waals surface area (Å²) in [4.78, 5) is 2.23. The van der Waals surface area contributed by atoms with E-state index < -0.39 is 0 Å². The van der Waals surface area contributed by atoms with E-state index in [4.69, 9.17) is 45.9 Å². The topological polar surface area (TPSA) is 62.9 Å². The van der Waals surface area contributed by atoms with Crippen molar-refractivity contribution in [2.45, 2.75) is 20.5 Å². The first-order valence-electron chi connectivity index (χ1n) is 8.49. The highest BCUT2D eigenvalue weighted by Gasteiger charge is 2.11. The van der Waals surface area contributed by atoms with Gasteiger partial charge >= 0.3 is 0 Å². The molecule has 8 heteroatoms. The van der Waals surface area contributed by atoms with Gasteiger partial charge in [0.2, 0.25) is 0 Å². The summed E-state index contributed by atoms with van der Waals surface area (Å²) < 4.78 is 6.04. The molecule has 2 aromatic rings. The third-order valence-corrected chi connectivity index (χ3v) is 4.74. The lowest BCUT2D eigenvalue weighted by Crippen LogP contribution is -2.24. The minimum absolute atomic E-state index is 0.0938. The van der Waals surface area contributed by atoms with Gasteiger partial charge in [0.1, 0.15) is 12.4 Å². The van der Waals surface area contributed by atoms with Crippen LogP contribution in [0.25, 0.3) is 0 Å². The maximum Gasteiger partial charge on any atom is 0.184 e.